The van der Waals surface area contributed by atoms with E-state index in [1.165, 1.54) is 42.5 Å². The predicted octanol–water partition coefficient (Wildman–Crippen LogP) is 0.835. The van der Waals surface area contributed by atoms with Gasteiger partial charge in [0.2, 0.25) is 16.0 Å². The zero-order valence-corrected chi connectivity index (χ0v) is 19.1. The molecule has 0 fully saturated rings. The molecular weight excluding hydrogens is 478 g/mol. The Kier molecular flexibility index (Phi) is 8.53. The van der Waals surface area contributed by atoms with Gasteiger partial charge in [-0.15, -0.1) is 0 Å². The first-order chi connectivity index (χ1) is 16.8. The van der Waals surface area contributed by atoms with E-state index in [4.69, 9.17) is 4.74 Å². The second-order valence-corrected chi connectivity index (χ2v) is 8.78. The number of amides is 1. The number of carbonyl (C=O) groups excluding carboxylic acids is 1. The molecule has 13 heteroatoms. The number of ether oxygens (including phenoxy) is 1. The lowest BCUT2D eigenvalue weighted by molar-refractivity contribution is -0.138. The van der Waals surface area contributed by atoms with Crippen LogP contribution in [0.4, 0.5) is 5.95 Å². The zero-order valence-electron chi connectivity index (χ0n) is 18.3. The summed E-state index contributed by atoms with van der Waals surface area (Å²) < 4.78 is 32.3. The van der Waals surface area contributed by atoms with E-state index in [2.05, 4.69) is 20.6 Å². The molecule has 3 rings (SSSR count). The number of carbonyl (C=O) groups is 2. The van der Waals surface area contributed by atoms with Gasteiger partial charge in [0.25, 0.3) is 5.91 Å². The highest BCUT2D eigenvalue weighted by Gasteiger charge is 2.26. The summed E-state index contributed by atoms with van der Waals surface area (Å²) in [6, 6.07) is 11.3. The lowest BCUT2D eigenvalue weighted by Gasteiger charge is -2.16. The molecule has 1 amide bonds. The Hall–Kier alpha value is -4.23. The van der Waals surface area contributed by atoms with Gasteiger partial charge < -0.3 is 25.6 Å². The average Bonchev–Trinajstić information content (AvgIpc) is 2.85. The van der Waals surface area contributed by atoms with Crippen LogP contribution in [0.25, 0.3) is 0 Å². The molecule has 0 saturated heterocycles. The molecule has 184 valence electrons. The molecule has 1 aromatic heterocycles. The fourth-order valence-electron chi connectivity index (χ4n) is 2.84. The minimum atomic E-state index is -4.12. The standard InChI is InChI=1S/C22H23N5O7S/c28-19-13-15(34-12-11-25-22-23-9-4-10-24-22)7-8-17(19)20(29)26-14-18(21(30)31)27-35(32,33)16-5-2-1-3-6-16/h1-10,13,18,27-28H,11-12,14H2,(H,26,29)(H,30,31)(H,23,24,25)/t18-/m0/s1. The van der Waals surface area contributed by atoms with Crippen LogP contribution in [0.3, 0.4) is 0 Å². The Morgan fingerprint density at radius 2 is 1.74 bits per heavy atom. The van der Waals surface area contributed by atoms with Gasteiger partial charge in [0, 0.05) is 25.0 Å². The molecule has 0 aliphatic heterocycles. The Morgan fingerprint density at radius 3 is 2.40 bits per heavy atom. The Balaban J connectivity index is 1.53. The van der Waals surface area contributed by atoms with E-state index in [-0.39, 0.29) is 17.1 Å². The maximum atomic E-state index is 12.5. The number of carboxylic acids is 1. The fourth-order valence-corrected chi connectivity index (χ4v) is 4.05. The number of carboxylic acid groups (broad SMARTS) is 1. The molecule has 0 bridgehead atoms. The highest BCUT2D eigenvalue weighted by atomic mass is 32.2. The molecule has 2 aromatic carbocycles. The van der Waals surface area contributed by atoms with Gasteiger partial charge in [0.15, 0.2) is 0 Å². The predicted molar refractivity (Wildman–Crippen MR) is 125 cm³/mol. The summed E-state index contributed by atoms with van der Waals surface area (Å²) in [5.41, 5.74) is -0.136. The number of benzene rings is 2. The first-order valence-electron chi connectivity index (χ1n) is 10.3. The van der Waals surface area contributed by atoms with Gasteiger partial charge in [-0.05, 0) is 30.3 Å². The summed E-state index contributed by atoms with van der Waals surface area (Å²) >= 11 is 0. The van der Waals surface area contributed by atoms with Crippen molar-refractivity contribution in [3.05, 3.63) is 72.6 Å². The summed E-state index contributed by atoms with van der Waals surface area (Å²) in [4.78, 5) is 31.9. The number of aromatic hydroxyl groups is 1. The van der Waals surface area contributed by atoms with Crippen molar-refractivity contribution in [2.45, 2.75) is 10.9 Å². The molecule has 0 aliphatic carbocycles. The van der Waals surface area contributed by atoms with E-state index in [0.717, 1.165) is 0 Å². The van der Waals surface area contributed by atoms with Gasteiger partial charge in [0.05, 0.1) is 17.0 Å². The Bertz CT molecular complexity index is 1260. The number of anilines is 1. The lowest BCUT2D eigenvalue weighted by Crippen LogP contribution is -2.48. The van der Waals surface area contributed by atoms with Crippen molar-refractivity contribution < 1.29 is 33.0 Å². The molecule has 3 aromatic rings. The largest absolute Gasteiger partial charge is 0.507 e. The summed E-state index contributed by atoms with van der Waals surface area (Å²) in [7, 11) is -4.12. The zero-order chi connectivity index (χ0) is 25.3. The van der Waals surface area contributed by atoms with Crippen LogP contribution < -0.4 is 20.1 Å². The molecule has 0 radical (unpaired) electrons. The average molecular weight is 502 g/mol. The normalized spacial score (nSPS) is 11.9. The van der Waals surface area contributed by atoms with Gasteiger partial charge in [-0.2, -0.15) is 4.72 Å². The van der Waals surface area contributed by atoms with Crippen molar-refractivity contribution in [3.63, 3.8) is 0 Å². The topological polar surface area (TPSA) is 180 Å². The Labute approximate surface area is 201 Å². The number of aromatic nitrogens is 2. The SMILES string of the molecule is O=C(NC[C@H](NS(=O)(=O)c1ccccc1)C(=O)O)c1ccc(OCCNc2ncccn2)cc1O. The monoisotopic (exact) mass is 501 g/mol. The van der Waals surface area contributed by atoms with Gasteiger partial charge in [-0.25, -0.2) is 18.4 Å². The fraction of sp³-hybridized carbons (Fsp3) is 0.182. The van der Waals surface area contributed by atoms with Gasteiger partial charge >= 0.3 is 5.97 Å². The minimum Gasteiger partial charge on any atom is -0.507 e. The smallest absolute Gasteiger partial charge is 0.323 e. The van der Waals surface area contributed by atoms with Crippen LogP contribution in [0.15, 0.2) is 71.9 Å². The van der Waals surface area contributed by atoms with Crippen LogP contribution in [0.5, 0.6) is 11.5 Å². The number of nitrogens with one attached hydrogen (secondary N) is 3. The number of aliphatic carboxylic acids is 1. The summed E-state index contributed by atoms with van der Waals surface area (Å²) in [6.07, 6.45) is 3.18. The third kappa shape index (κ3) is 7.38. The van der Waals surface area contributed by atoms with E-state index in [0.29, 0.717) is 18.2 Å². The molecular formula is C22H23N5O7S. The number of phenols is 1. The molecule has 0 unspecified atom stereocenters. The van der Waals surface area contributed by atoms with Gasteiger partial charge in [0.1, 0.15) is 24.1 Å². The maximum Gasteiger partial charge on any atom is 0.323 e. The first kappa shape index (κ1) is 25.4. The van der Waals surface area contributed by atoms with E-state index in [1.807, 2.05) is 4.72 Å². The lowest BCUT2D eigenvalue weighted by atomic mass is 10.1. The van der Waals surface area contributed by atoms with Gasteiger partial charge in [-0.3, -0.25) is 9.59 Å². The number of hydrogen-bond acceptors (Lipinski definition) is 9. The summed E-state index contributed by atoms with van der Waals surface area (Å²) in [5, 5.41) is 24.8. The van der Waals surface area contributed by atoms with Crippen LogP contribution in [0.2, 0.25) is 0 Å². The van der Waals surface area contributed by atoms with E-state index in [1.54, 1.807) is 24.5 Å². The van der Waals surface area contributed by atoms with Crippen molar-refractivity contribution in [2.24, 2.45) is 0 Å². The van der Waals surface area contributed by atoms with Crippen molar-refractivity contribution in [1.29, 1.82) is 0 Å². The number of nitrogens with zero attached hydrogens (tertiary/aromatic N) is 2. The highest BCUT2D eigenvalue weighted by molar-refractivity contribution is 7.89. The molecule has 12 nitrogen and oxygen atoms in total. The summed E-state index contributed by atoms with van der Waals surface area (Å²) in [6.45, 7) is 0.0682. The second-order valence-electron chi connectivity index (χ2n) is 7.06. The molecule has 0 spiro atoms. The maximum absolute atomic E-state index is 12.5. The quantitative estimate of drug-likeness (QED) is 0.223. The van der Waals surface area contributed by atoms with E-state index in [9.17, 15) is 28.2 Å². The molecule has 1 atom stereocenters. The van der Waals surface area contributed by atoms with Crippen molar-refractivity contribution in [1.82, 2.24) is 20.0 Å². The van der Waals surface area contributed by atoms with E-state index >= 15 is 0 Å². The van der Waals surface area contributed by atoms with Crippen LogP contribution in [-0.4, -0.2) is 66.2 Å². The Morgan fingerprint density at radius 1 is 1.03 bits per heavy atom. The molecule has 5 N–H and O–H groups in total. The van der Waals surface area contributed by atoms with Crippen LogP contribution >= 0.6 is 0 Å². The van der Waals surface area contributed by atoms with Crippen LogP contribution in [0.1, 0.15) is 10.4 Å². The molecule has 0 saturated carbocycles. The number of phenolic OH excluding ortho intramolecular Hbond substituents is 1. The van der Waals surface area contributed by atoms with Crippen molar-refractivity contribution >= 4 is 27.8 Å². The highest BCUT2D eigenvalue weighted by Crippen LogP contribution is 2.23. The van der Waals surface area contributed by atoms with Crippen LogP contribution in [-0.2, 0) is 14.8 Å². The molecule has 1 heterocycles. The third-order valence-corrected chi connectivity index (χ3v) is 6.04. The van der Waals surface area contributed by atoms with E-state index < -0.39 is 40.2 Å². The number of sulfonamides is 1. The van der Waals surface area contributed by atoms with Crippen LogP contribution in [0, 0.1) is 0 Å². The second kappa shape index (κ2) is 11.8. The first-order valence-corrected chi connectivity index (χ1v) is 11.8. The minimum absolute atomic E-state index is 0.114. The van der Waals surface area contributed by atoms with Gasteiger partial charge in [-0.1, -0.05) is 18.2 Å². The molecule has 0 aliphatic rings. The third-order valence-electron chi connectivity index (χ3n) is 4.55. The number of hydrogen-bond donors (Lipinski definition) is 5. The van der Waals surface area contributed by atoms with Crippen molar-refractivity contribution in [3.8, 4) is 11.5 Å². The number of rotatable bonds is 12. The van der Waals surface area contributed by atoms with Crippen molar-refractivity contribution in [2.75, 3.05) is 25.0 Å². The molecule has 35 heavy (non-hydrogen) atoms. The summed E-state index contributed by atoms with van der Waals surface area (Å²) in [5.74, 6) is -1.92.